The second-order valence-electron chi connectivity index (χ2n) is 14.0. The largest absolute Gasteiger partial charge is 0.481 e. The van der Waals surface area contributed by atoms with Crippen molar-refractivity contribution < 1.29 is 34.4 Å². The van der Waals surface area contributed by atoms with E-state index in [1.807, 2.05) is 97.1 Å². The summed E-state index contributed by atoms with van der Waals surface area (Å²) < 4.78 is 13.4. The number of piperidine rings is 1. The van der Waals surface area contributed by atoms with Crippen LogP contribution in [0.2, 0.25) is 5.02 Å². The molecule has 9 nitrogen and oxygen atoms in total. The number of hydrogen-bond donors (Lipinski definition) is 4. The first-order chi connectivity index (χ1) is 25.1. The van der Waals surface area contributed by atoms with Crippen molar-refractivity contribution in [1.82, 2.24) is 10.2 Å². The Morgan fingerprint density at radius 1 is 0.865 bits per heavy atom. The summed E-state index contributed by atoms with van der Waals surface area (Å²) >= 11 is 6.10. The molecule has 2 aliphatic heterocycles. The molecule has 6 rings (SSSR count). The Kier molecular flexibility index (Phi) is 12.4. The molecule has 0 aromatic heterocycles. The molecule has 2 aliphatic rings. The van der Waals surface area contributed by atoms with E-state index < -0.39 is 17.9 Å². The van der Waals surface area contributed by atoms with Gasteiger partial charge in [-0.05, 0) is 70.8 Å². The molecule has 2 heterocycles. The van der Waals surface area contributed by atoms with Crippen LogP contribution < -0.4 is 5.32 Å². The number of likely N-dealkylation sites (tertiary alicyclic amines) is 1. The van der Waals surface area contributed by atoms with Crippen molar-refractivity contribution in [2.24, 2.45) is 5.92 Å². The number of benzene rings is 4. The number of carbonyl (C=O) groups is 2. The normalized spacial score (nSPS) is 21.8. The van der Waals surface area contributed by atoms with E-state index in [-0.39, 0.29) is 43.5 Å². The number of aliphatic hydroxyl groups excluding tert-OH is 1. The summed E-state index contributed by atoms with van der Waals surface area (Å²) in [6.07, 6.45) is 0.722. The highest BCUT2D eigenvalue weighted by Crippen LogP contribution is 2.43. The first-order valence-corrected chi connectivity index (χ1v) is 18.4. The highest BCUT2D eigenvalue weighted by atomic mass is 35.5. The number of hydrogen-bond acceptors (Lipinski definition) is 7. The number of halogens is 1. The molecule has 52 heavy (non-hydrogen) atoms. The van der Waals surface area contributed by atoms with Crippen LogP contribution in [0.4, 0.5) is 0 Å². The molecule has 0 aliphatic carbocycles. The zero-order valence-corrected chi connectivity index (χ0v) is 30.2. The number of carbonyl (C=O) groups excluding carboxylic acids is 1. The molecule has 4 aromatic rings. The van der Waals surface area contributed by atoms with Gasteiger partial charge in [-0.3, -0.25) is 9.59 Å². The van der Waals surface area contributed by atoms with E-state index in [4.69, 9.17) is 26.2 Å². The molecule has 4 N–H and O–H groups in total. The molecular formula is C42H47ClN2O7. The number of aliphatic hydroxyl groups is 2. The molecule has 0 bridgehead atoms. The van der Waals surface area contributed by atoms with Crippen molar-refractivity contribution in [2.75, 3.05) is 19.6 Å². The summed E-state index contributed by atoms with van der Waals surface area (Å²) in [7, 11) is 0. The molecule has 0 radical (unpaired) electrons. The summed E-state index contributed by atoms with van der Waals surface area (Å²) in [5.74, 6) is -1.04. The van der Waals surface area contributed by atoms with E-state index >= 15 is 0 Å². The maximum Gasteiger partial charge on any atom is 0.303 e. The van der Waals surface area contributed by atoms with E-state index in [0.29, 0.717) is 37.4 Å². The van der Waals surface area contributed by atoms with Gasteiger partial charge in [-0.25, -0.2) is 0 Å². The maximum absolute atomic E-state index is 12.2. The van der Waals surface area contributed by atoms with Crippen molar-refractivity contribution in [2.45, 2.75) is 76.3 Å². The number of amides is 1. The van der Waals surface area contributed by atoms with Crippen molar-refractivity contribution >= 4 is 23.5 Å². The molecule has 274 valence electrons. The van der Waals surface area contributed by atoms with Crippen LogP contribution in [0.15, 0.2) is 97.1 Å². The van der Waals surface area contributed by atoms with Gasteiger partial charge in [0.15, 0.2) is 6.29 Å². The summed E-state index contributed by atoms with van der Waals surface area (Å²) in [5, 5.41) is 33.4. The first kappa shape index (κ1) is 37.7. The molecule has 1 amide bonds. The van der Waals surface area contributed by atoms with Gasteiger partial charge in [-0.15, -0.1) is 0 Å². The highest BCUT2D eigenvalue weighted by molar-refractivity contribution is 6.30. The Labute approximate surface area is 310 Å². The predicted octanol–water partition coefficient (Wildman–Crippen LogP) is 7.15. The zero-order chi connectivity index (χ0) is 36.7. The average molecular weight is 727 g/mol. The Bertz CT molecular complexity index is 1790. The lowest BCUT2D eigenvalue weighted by atomic mass is 9.84. The van der Waals surface area contributed by atoms with Crippen LogP contribution in [0.1, 0.15) is 79.2 Å². The van der Waals surface area contributed by atoms with Crippen molar-refractivity contribution in [1.29, 1.82) is 0 Å². The van der Waals surface area contributed by atoms with Crippen LogP contribution in [-0.4, -0.2) is 57.8 Å². The molecule has 0 unspecified atom stereocenters. The Morgan fingerprint density at radius 3 is 2.23 bits per heavy atom. The van der Waals surface area contributed by atoms with Gasteiger partial charge >= 0.3 is 5.97 Å². The van der Waals surface area contributed by atoms with Gasteiger partial charge in [0.25, 0.3) is 0 Å². The highest BCUT2D eigenvalue weighted by Gasteiger charge is 2.41. The number of carboxylic acid groups (broad SMARTS) is 1. The molecule has 0 spiro atoms. The molecular weight excluding hydrogens is 680 g/mol. The van der Waals surface area contributed by atoms with Crippen LogP contribution in [0.25, 0.3) is 11.1 Å². The summed E-state index contributed by atoms with van der Waals surface area (Å²) in [6, 6.07) is 31.5. The monoisotopic (exact) mass is 726 g/mol. The number of aliphatic carboxylic acids is 1. The second-order valence-corrected chi connectivity index (χ2v) is 14.4. The van der Waals surface area contributed by atoms with Crippen LogP contribution in [0, 0.1) is 5.92 Å². The SMILES string of the molecule is C[C@@H]1[C@H](CN2CCC(O)(c3ccc(Cl)cc3)CC2)O[C@H](c2ccc(-c3cccc(CNC(=O)CCCC(=O)O)c3)cc2)O[C@@H]1c1ccc(CO)cc1. The number of carboxylic acids is 1. The third kappa shape index (κ3) is 9.46. The van der Waals surface area contributed by atoms with Gasteiger partial charge in [0.05, 0.1) is 24.4 Å². The quantitative estimate of drug-likeness (QED) is 0.114. The maximum atomic E-state index is 12.2. The minimum atomic E-state index is -0.904. The van der Waals surface area contributed by atoms with E-state index in [1.165, 1.54) is 0 Å². The summed E-state index contributed by atoms with van der Waals surface area (Å²) in [4.78, 5) is 25.3. The fourth-order valence-electron chi connectivity index (χ4n) is 7.12. The van der Waals surface area contributed by atoms with Crippen LogP contribution in [0.5, 0.6) is 0 Å². The third-order valence-corrected chi connectivity index (χ3v) is 10.6. The molecule has 2 saturated heterocycles. The number of ether oxygens (including phenoxy) is 2. The number of rotatable bonds is 13. The van der Waals surface area contributed by atoms with E-state index in [9.17, 15) is 19.8 Å². The minimum Gasteiger partial charge on any atom is -0.481 e. The van der Waals surface area contributed by atoms with E-state index in [1.54, 1.807) is 0 Å². The van der Waals surface area contributed by atoms with Crippen molar-refractivity contribution in [3.8, 4) is 11.1 Å². The van der Waals surface area contributed by atoms with E-state index in [0.717, 1.165) is 52.0 Å². The smallest absolute Gasteiger partial charge is 0.303 e. The molecule has 2 fully saturated rings. The number of nitrogens with zero attached hydrogens (tertiary/aromatic N) is 1. The summed E-state index contributed by atoms with van der Waals surface area (Å²) in [6.45, 7) is 4.66. The Balaban J connectivity index is 1.14. The lowest BCUT2D eigenvalue weighted by Crippen LogP contribution is -2.49. The molecule has 0 saturated carbocycles. The van der Waals surface area contributed by atoms with Gasteiger partial charge in [0.1, 0.15) is 0 Å². The zero-order valence-electron chi connectivity index (χ0n) is 29.4. The van der Waals surface area contributed by atoms with Gasteiger partial charge in [0, 0.05) is 55.5 Å². The van der Waals surface area contributed by atoms with Crippen LogP contribution in [-0.2, 0) is 37.8 Å². The Morgan fingerprint density at radius 2 is 1.56 bits per heavy atom. The van der Waals surface area contributed by atoms with Crippen LogP contribution >= 0.6 is 11.6 Å². The van der Waals surface area contributed by atoms with Crippen molar-refractivity contribution in [3.63, 3.8) is 0 Å². The summed E-state index contributed by atoms with van der Waals surface area (Å²) in [5.41, 5.74) is 5.74. The predicted molar refractivity (Wildman–Crippen MR) is 199 cm³/mol. The number of nitrogens with one attached hydrogen (secondary N) is 1. The molecule has 4 atom stereocenters. The van der Waals surface area contributed by atoms with E-state index in [2.05, 4.69) is 17.1 Å². The van der Waals surface area contributed by atoms with Crippen LogP contribution in [0.3, 0.4) is 0 Å². The lowest BCUT2D eigenvalue weighted by Gasteiger charge is -2.45. The minimum absolute atomic E-state index is 0.0223. The second kappa shape index (κ2) is 17.2. The first-order valence-electron chi connectivity index (χ1n) is 18.0. The fraction of sp³-hybridized carbons (Fsp3) is 0.381. The van der Waals surface area contributed by atoms with Gasteiger partial charge in [-0.2, -0.15) is 0 Å². The fourth-order valence-corrected chi connectivity index (χ4v) is 7.25. The van der Waals surface area contributed by atoms with Crippen molar-refractivity contribution in [3.05, 3.63) is 130 Å². The molecule has 4 aromatic carbocycles. The van der Waals surface area contributed by atoms with Gasteiger partial charge < -0.3 is 35.0 Å². The molecule has 10 heteroatoms. The third-order valence-electron chi connectivity index (χ3n) is 10.4. The average Bonchev–Trinajstić information content (AvgIpc) is 3.16. The standard InChI is InChI=1S/C42H47ClN2O7/c1-28-37(26-45-22-20-42(50,21-23-45)35-16-18-36(43)19-17-35)51-41(52-40(28)32-10-8-29(27-46)9-11-32)33-14-12-31(13-15-33)34-5-2-4-30(24-34)25-44-38(47)6-3-7-39(48)49/h2,4-5,8-19,24,28,37,40-41,46,50H,3,6-7,20-23,25-27H2,1H3,(H,44,47)(H,48,49)/t28-,37+,40+,41+/m1/s1. The topological polar surface area (TPSA) is 129 Å². The van der Waals surface area contributed by atoms with Gasteiger partial charge in [0.2, 0.25) is 5.91 Å². The Hall–Kier alpha value is -4.09. The van der Waals surface area contributed by atoms with Gasteiger partial charge in [-0.1, -0.05) is 97.4 Å². The lowest BCUT2D eigenvalue weighted by molar-refractivity contribution is -0.277.